The monoisotopic (exact) mass is 421 g/mol. The maximum atomic E-state index is 12.0. The van der Waals surface area contributed by atoms with Crippen LogP contribution in [0.4, 0.5) is 11.4 Å². The van der Waals surface area contributed by atoms with Gasteiger partial charge in [-0.15, -0.1) is 0 Å². The Morgan fingerprint density at radius 3 is 2.77 bits per heavy atom. The van der Waals surface area contributed by atoms with Crippen LogP contribution < -0.4 is 25.6 Å². The van der Waals surface area contributed by atoms with Crippen LogP contribution in [-0.4, -0.2) is 52.2 Å². The summed E-state index contributed by atoms with van der Waals surface area (Å²) in [7, 11) is 3.50. The minimum absolute atomic E-state index is 0.0656. The molecule has 2 heterocycles. The fourth-order valence-corrected chi connectivity index (χ4v) is 4.47. The lowest BCUT2D eigenvalue weighted by molar-refractivity contribution is -0.116. The van der Waals surface area contributed by atoms with Gasteiger partial charge in [-0.25, -0.2) is 0 Å². The molecule has 7 nitrogen and oxygen atoms in total. The molecule has 2 aliphatic rings. The lowest BCUT2D eigenvalue weighted by Gasteiger charge is -2.26. The van der Waals surface area contributed by atoms with Gasteiger partial charge in [-0.05, 0) is 36.1 Å². The van der Waals surface area contributed by atoms with Crippen LogP contribution in [0, 0.1) is 5.92 Å². The van der Waals surface area contributed by atoms with Gasteiger partial charge in [0.2, 0.25) is 5.91 Å². The van der Waals surface area contributed by atoms with E-state index in [1.54, 1.807) is 14.2 Å². The number of para-hydroxylation sites is 3. The van der Waals surface area contributed by atoms with E-state index in [0.29, 0.717) is 18.9 Å². The zero-order chi connectivity index (χ0) is 21.6. The normalized spacial score (nSPS) is 20.8. The number of guanidine groups is 1. The predicted octanol–water partition coefficient (Wildman–Crippen LogP) is 2.81. The van der Waals surface area contributed by atoms with Crippen molar-refractivity contribution in [1.82, 2.24) is 10.6 Å². The van der Waals surface area contributed by atoms with Crippen molar-refractivity contribution in [3.8, 4) is 5.75 Å². The number of ether oxygens (including phenoxy) is 1. The predicted molar refractivity (Wildman–Crippen MR) is 125 cm³/mol. The zero-order valence-electron chi connectivity index (χ0n) is 18.2. The number of hydrogen-bond acceptors (Lipinski definition) is 4. The highest BCUT2D eigenvalue weighted by molar-refractivity contribution is 5.94. The van der Waals surface area contributed by atoms with Gasteiger partial charge in [-0.2, -0.15) is 0 Å². The van der Waals surface area contributed by atoms with Gasteiger partial charge in [0.1, 0.15) is 5.75 Å². The minimum atomic E-state index is 0.0656. The second kappa shape index (κ2) is 9.73. The Balaban J connectivity index is 1.29. The first-order valence-corrected chi connectivity index (χ1v) is 10.9. The molecule has 1 saturated heterocycles. The van der Waals surface area contributed by atoms with E-state index < -0.39 is 0 Å². The summed E-state index contributed by atoms with van der Waals surface area (Å²) in [5.41, 5.74) is 3.24. The molecular formula is C24H31N5O2. The molecule has 0 saturated carbocycles. The smallest absolute Gasteiger partial charge is 0.225 e. The summed E-state index contributed by atoms with van der Waals surface area (Å²) in [6, 6.07) is 16.2. The fraction of sp³-hybridized carbons (Fsp3) is 0.417. The molecule has 0 spiro atoms. The number of anilines is 2. The van der Waals surface area contributed by atoms with Crippen LogP contribution in [0.15, 0.2) is 53.5 Å². The van der Waals surface area contributed by atoms with Gasteiger partial charge >= 0.3 is 0 Å². The van der Waals surface area contributed by atoms with E-state index in [9.17, 15) is 4.79 Å². The van der Waals surface area contributed by atoms with Crippen LogP contribution in [0.25, 0.3) is 0 Å². The van der Waals surface area contributed by atoms with Crippen molar-refractivity contribution >= 4 is 23.2 Å². The number of nitrogens with one attached hydrogen (secondary N) is 3. The van der Waals surface area contributed by atoms with Gasteiger partial charge in [0.05, 0.1) is 12.8 Å². The van der Waals surface area contributed by atoms with Crippen molar-refractivity contribution in [2.24, 2.45) is 10.9 Å². The molecule has 164 valence electrons. The van der Waals surface area contributed by atoms with Crippen molar-refractivity contribution in [3.63, 3.8) is 0 Å². The number of amides is 1. The summed E-state index contributed by atoms with van der Waals surface area (Å²) in [5.74, 6) is 2.43. The average molecular weight is 422 g/mol. The van der Waals surface area contributed by atoms with Gasteiger partial charge in [0.15, 0.2) is 5.96 Å². The van der Waals surface area contributed by atoms with Crippen LogP contribution in [-0.2, 0) is 4.79 Å². The maximum Gasteiger partial charge on any atom is 0.225 e. The topological polar surface area (TPSA) is 78.0 Å². The van der Waals surface area contributed by atoms with Gasteiger partial charge in [0.25, 0.3) is 0 Å². The molecule has 3 N–H and O–H groups in total. The summed E-state index contributed by atoms with van der Waals surface area (Å²) in [6.07, 6.45) is 1.61. The van der Waals surface area contributed by atoms with Crippen LogP contribution in [0.3, 0.4) is 0 Å². The van der Waals surface area contributed by atoms with Crippen molar-refractivity contribution in [1.29, 1.82) is 0 Å². The fourth-order valence-electron chi connectivity index (χ4n) is 4.47. The second-order valence-electron chi connectivity index (χ2n) is 8.14. The molecule has 0 bridgehead atoms. The largest absolute Gasteiger partial charge is 0.495 e. The Morgan fingerprint density at radius 2 is 1.94 bits per heavy atom. The SMILES string of the molecule is CN=C(NCC1CCN(c2ccccc2OC)C1)NCC1CC(=O)Nc2ccccc21. The number of methoxy groups -OCH3 is 1. The number of fused-ring (bicyclic) bond motifs is 1. The van der Waals surface area contributed by atoms with E-state index in [2.05, 4.69) is 44.0 Å². The lowest BCUT2D eigenvalue weighted by Crippen LogP contribution is -2.42. The van der Waals surface area contributed by atoms with Crippen LogP contribution in [0.2, 0.25) is 0 Å². The summed E-state index contributed by atoms with van der Waals surface area (Å²) < 4.78 is 5.52. The standard InChI is InChI=1S/C24H31N5O2/c1-25-24(27-15-18-13-23(30)28-20-8-4-3-7-19(18)20)26-14-17-11-12-29(16-17)21-9-5-6-10-22(21)31-2/h3-10,17-18H,11-16H2,1-2H3,(H,28,30)(H2,25,26,27). The van der Waals surface area contributed by atoms with Gasteiger partial charge in [-0.3, -0.25) is 9.79 Å². The molecule has 2 aromatic carbocycles. The van der Waals surface area contributed by atoms with Crippen molar-refractivity contribution < 1.29 is 9.53 Å². The van der Waals surface area contributed by atoms with E-state index in [-0.39, 0.29) is 11.8 Å². The molecule has 1 amide bonds. The molecule has 2 atom stereocenters. The molecule has 0 aromatic heterocycles. The summed E-state index contributed by atoms with van der Waals surface area (Å²) in [4.78, 5) is 18.8. The number of nitrogens with zero attached hydrogens (tertiary/aromatic N) is 2. The number of hydrogen-bond donors (Lipinski definition) is 3. The summed E-state index contributed by atoms with van der Waals surface area (Å²) in [6.45, 7) is 3.53. The first-order chi connectivity index (χ1) is 15.2. The van der Waals surface area contributed by atoms with E-state index in [1.165, 1.54) is 5.56 Å². The average Bonchev–Trinajstić information content (AvgIpc) is 3.27. The van der Waals surface area contributed by atoms with Gasteiger partial charge < -0.3 is 25.6 Å². The summed E-state index contributed by atoms with van der Waals surface area (Å²) in [5, 5.41) is 9.83. The second-order valence-corrected chi connectivity index (χ2v) is 8.14. The molecule has 0 radical (unpaired) electrons. The van der Waals surface area contributed by atoms with E-state index >= 15 is 0 Å². The first kappa shape index (κ1) is 21.0. The third-order valence-electron chi connectivity index (χ3n) is 6.12. The van der Waals surface area contributed by atoms with Crippen molar-refractivity contribution in [2.45, 2.75) is 18.8 Å². The van der Waals surface area contributed by atoms with Crippen molar-refractivity contribution in [3.05, 3.63) is 54.1 Å². The Hall–Kier alpha value is -3.22. The Morgan fingerprint density at radius 1 is 1.16 bits per heavy atom. The quantitative estimate of drug-likeness (QED) is 0.494. The molecule has 4 rings (SSSR count). The highest BCUT2D eigenvalue weighted by Gasteiger charge is 2.26. The van der Waals surface area contributed by atoms with E-state index in [0.717, 1.165) is 49.1 Å². The molecular weight excluding hydrogens is 390 g/mol. The maximum absolute atomic E-state index is 12.0. The molecule has 0 aliphatic carbocycles. The number of carbonyl (C=O) groups excluding carboxylic acids is 1. The minimum Gasteiger partial charge on any atom is -0.495 e. The summed E-state index contributed by atoms with van der Waals surface area (Å²) >= 11 is 0. The third-order valence-corrected chi connectivity index (χ3v) is 6.12. The van der Waals surface area contributed by atoms with E-state index in [4.69, 9.17) is 4.74 Å². The molecule has 1 fully saturated rings. The molecule has 7 heteroatoms. The zero-order valence-corrected chi connectivity index (χ0v) is 18.2. The van der Waals surface area contributed by atoms with Gasteiger partial charge in [0, 0.05) is 51.3 Å². The number of benzene rings is 2. The van der Waals surface area contributed by atoms with Gasteiger partial charge in [-0.1, -0.05) is 30.3 Å². The van der Waals surface area contributed by atoms with Crippen LogP contribution in [0.5, 0.6) is 5.75 Å². The van der Waals surface area contributed by atoms with Crippen LogP contribution >= 0.6 is 0 Å². The lowest BCUT2D eigenvalue weighted by atomic mass is 9.90. The molecule has 2 aromatic rings. The highest BCUT2D eigenvalue weighted by atomic mass is 16.5. The number of aliphatic imine (C=N–C) groups is 1. The van der Waals surface area contributed by atoms with Crippen LogP contribution in [0.1, 0.15) is 24.3 Å². The molecule has 2 aliphatic heterocycles. The van der Waals surface area contributed by atoms with E-state index in [1.807, 2.05) is 30.3 Å². The number of rotatable bonds is 6. The first-order valence-electron chi connectivity index (χ1n) is 10.9. The Labute approximate surface area is 183 Å². The molecule has 2 unspecified atom stereocenters. The number of carbonyl (C=O) groups is 1. The third kappa shape index (κ3) is 4.93. The van der Waals surface area contributed by atoms with Crippen molar-refractivity contribution in [2.75, 3.05) is 50.6 Å². The molecule has 31 heavy (non-hydrogen) atoms. The Bertz CT molecular complexity index is 945. The highest BCUT2D eigenvalue weighted by Crippen LogP contribution is 2.32. The Kier molecular flexibility index (Phi) is 6.60.